The van der Waals surface area contributed by atoms with Crippen molar-refractivity contribution in [3.05, 3.63) is 0 Å². The molecule has 0 spiro atoms. The average molecular weight is 254 g/mol. The predicted molar refractivity (Wildman–Crippen MR) is 75.9 cm³/mol. The summed E-state index contributed by atoms with van der Waals surface area (Å²) in [5.74, 6) is 0. The monoisotopic (exact) mass is 254 g/mol. The SMILES string of the molecule is CCC1(CC)CN(CC2(C)CCCO2)C(C)CN1. The van der Waals surface area contributed by atoms with Crippen molar-refractivity contribution in [2.45, 2.75) is 70.6 Å². The third kappa shape index (κ3) is 2.89. The van der Waals surface area contributed by atoms with Gasteiger partial charge in [0.1, 0.15) is 0 Å². The molecule has 0 bridgehead atoms. The number of hydrogen-bond acceptors (Lipinski definition) is 3. The summed E-state index contributed by atoms with van der Waals surface area (Å²) in [6.45, 7) is 13.5. The van der Waals surface area contributed by atoms with Crippen molar-refractivity contribution in [1.82, 2.24) is 10.2 Å². The first kappa shape index (κ1) is 14.3. The Morgan fingerprint density at radius 2 is 2.06 bits per heavy atom. The van der Waals surface area contributed by atoms with E-state index >= 15 is 0 Å². The average Bonchev–Trinajstić information content (AvgIpc) is 2.79. The normalized spacial score (nSPS) is 37.0. The van der Waals surface area contributed by atoms with Crippen LogP contribution in [-0.2, 0) is 4.74 Å². The summed E-state index contributed by atoms with van der Waals surface area (Å²) in [6, 6.07) is 0.622. The Kier molecular flexibility index (Phi) is 4.35. The molecule has 2 aliphatic heterocycles. The maximum atomic E-state index is 5.96. The van der Waals surface area contributed by atoms with Crippen LogP contribution in [0.25, 0.3) is 0 Å². The summed E-state index contributed by atoms with van der Waals surface area (Å²) in [5, 5.41) is 3.77. The topological polar surface area (TPSA) is 24.5 Å². The molecule has 106 valence electrons. The molecule has 0 saturated carbocycles. The number of nitrogens with one attached hydrogen (secondary N) is 1. The third-order valence-corrected chi connectivity index (χ3v) is 5.09. The molecule has 0 aromatic heterocycles. The van der Waals surface area contributed by atoms with Gasteiger partial charge in [0.15, 0.2) is 0 Å². The summed E-state index contributed by atoms with van der Waals surface area (Å²) in [5.41, 5.74) is 0.417. The Morgan fingerprint density at radius 1 is 1.33 bits per heavy atom. The zero-order valence-corrected chi connectivity index (χ0v) is 12.6. The molecule has 3 heteroatoms. The molecule has 2 rings (SSSR count). The molecule has 0 aliphatic carbocycles. The summed E-state index contributed by atoms with van der Waals surface area (Å²) in [7, 11) is 0. The molecule has 18 heavy (non-hydrogen) atoms. The molecule has 2 atom stereocenters. The molecule has 2 aliphatic rings. The summed E-state index contributed by atoms with van der Waals surface area (Å²) in [6.07, 6.45) is 4.87. The molecule has 0 aromatic carbocycles. The second kappa shape index (κ2) is 5.48. The number of piperazine rings is 1. The van der Waals surface area contributed by atoms with Crippen molar-refractivity contribution in [3.63, 3.8) is 0 Å². The minimum atomic E-state index is 0.0961. The smallest absolute Gasteiger partial charge is 0.0781 e. The third-order valence-electron chi connectivity index (χ3n) is 5.09. The summed E-state index contributed by atoms with van der Waals surface area (Å²) < 4.78 is 5.96. The molecule has 0 radical (unpaired) electrons. The lowest BCUT2D eigenvalue weighted by Gasteiger charge is -2.48. The van der Waals surface area contributed by atoms with Gasteiger partial charge in [0.2, 0.25) is 0 Å². The van der Waals surface area contributed by atoms with Crippen LogP contribution < -0.4 is 5.32 Å². The Morgan fingerprint density at radius 3 is 2.61 bits per heavy atom. The highest BCUT2D eigenvalue weighted by Crippen LogP contribution is 2.29. The van der Waals surface area contributed by atoms with Crippen LogP contribution in [0.15, 0.2) is 0 Å². The first-order chi connectivity index (χ1) is 8.52. The number of ether oxygens (including phenoxy) is 1. The van der Waals surface area contributed by atoms with Crippen molar-refractivity contribution in [1.29, 1.82) is 0 Å². The first-order valence-electron chi connectivity index (χ1n) is 7.65. The van der Waals surface area contributed by atoms with E-state index in [9.17, 15) is 0 Å². The van der Waals surface area contributed by atoms with Crippen LogP contribution in [0.4, 0.5) is 0 Å². The Hall–Kier alpha value is -0.120. The zero-order chi connectivity index (χ0) is 13.2. The molecule has 2 fully saturated rings. The minimum Gasteiger partial charge on any atom is -0.374 e. The number of rotatable bonds is 4. The van der Waals surface area contributed by atoms with Gasteiger partial charge in [-0.3, -0.25) is 4.90 Å². The van der Waals surface area contributed by atoms with E-state index in [1.165, 1.54) is 32.2 Å². The standard InChI is InChI=1S/C15H30N2O/c1-5-15(6-2)12-17(13(3)10-16-15)11-14(4)8-7-9-18-14/h13,16H,5-12H2,1-4H3. The van der Waals surface area contributed by atoms with E-state index in [0.717, 1.165) is 19.7 Å². The summed E-state index contributed by atoms with van der Waals surface area (Å²) in [4.78, 5) is 2.65. The molecule has 3 nitrogen and oxygen atoms in total. The molecule has 0 aromatic rings. The van der Waals surface area contributed by atoms with Crippen molar-refractivity contribution in [2.75, 3.05) is 26.2 Å². The van der Waals surface area contributed by atoms with E-state index in [4.69, 9.17) is 4.74 Å². The van der Waals surface area contributed by atoms with Crippen molar-refractivity contribution < 1.29 is 4.74 Å². The lowest BCUT2D eigenvalue weighted by molar-refractivity contribution is -0.0355. The highest BCUT2D eigenvalue weighted by Gasteiger charge is 2.39. The largest absolute Gasteiger partial charge is 0.374 e. The molecule has 1 N–H and O–H groups in total. The molecular formula is C15H30N2O. The van der Waals surface area contributed by atoms with Crippen molar-refractivity contribution >= 4 is 0 Å². The fourth-order valence-electron chi connectivity index (χ4n) is 3.42. The number of nitrogens with zero attached hydrogens (tertiary/aromatic N) is 1. The highest BCUT2D eigenvalue weighted by atomic mass is 16.5. The molecule has 2 unspecified atom stereocenters. The molecule has 2 heterocycles. The van der Waals surface area contributed by atoms with Gasteiger partial charge in [-0.05, 0) is 39.5 Å². The molecule has 0 amide bonds. The van der Waals surface area contributed by atoms with Crippen molar-refractivity contribution in [2.24, 2.45) is 0 Å². The van der Waals surface area contributed by atoms with Crippen LogP contribution >= 0.6 is 0 Å². The second-order valence-electron chi connectivity index (χ2n) is 6.52. The van der Waals surface area contributed by atoms with Gasteiger partial charge in [0.05, 0.1) is 5.60 Å². The van der Waals surface area contributed by atoms with Crippen LogP contribution in [0, 0.1) is 0 Å². The van der Waals surface area contributed by atoms with Gasteiger partial charge in [-0.15, -0.1) is 0 Å². The van der Waals surface area contributed by atoms with Crippen LogP contribution in [0.2, 0.25) is 0 Å². The fourth-order valence-corrected chi connectivity index (χ4v) is 3.42. The highest BCUT2D eigenvalue weighted by molar-refractivity contribution is 4.98. The molecular weight excluding hydrogens is 224 g/mol. The van der Waals surface area contributed by atoms with Crippen LogP contribution in [0.1, 0.15) is 53.4 Å². The van der Waals surface area contributed by atoms with E-state index in [1.807, 2.05) is 0 Å². The Balaban J connectivity index is 2.01. The maximum Gasteiger partial charge on any atom is 0.0781 e. The van der Waals surface area contributed by atoms with Gasteiger partial charge in [0, 0.05) is 37.8 Å². The quantitative estimate of drug-likeness (QED) is 0.834. The Bertz CT molecular complexity index is 268. The first-order valence-corrected chi connectivity index (χ1v) is 7.65. The van der Waals surface area contributed by atoms with E-state index in [1.54, 1.807) is 0 Å². The van der Waals surface area contributed by atoms with Crippen molar-refractivity contribution in [3.8, 4) is 0 Å². The van der Waals surface area contributed by atoms with Gasteiger partial charge in [-0.25, -0.2) is 0 Å². The van der Waals surface area contributed by atoms with Gasteiger partial charge in [-0.1, -0.05) is 13.8 Å². The zero-order valence-electron chi connectivity index (χ0n) is 12.6. The fraction of sp³-hybridized carbons (Fsp3) is 1.00. The van der Waals surface area contributed by atoms with E-state index in [-0.39, 0.29) is 5.60 Å². The predicted octanol–water partition coefficient (Wildman–Crippen LogP) is 2.41. The van der Waals surface area contributed by atoms with E-state index in [0.29, 0.717) is 11.6 Å². The lowest BCUT2D eigenvalue weighted by atomic mass is 9.87. The number of hydrogen-bond donors (Lipinski definition) is 1. The van der Waals surface area contributed by atoms with Gasteiger partial charge < -0.3 is 10.1 Å². The second-order valence-corrected chi connectivity index (χ2v) is 6.52. The van der Waals surface area contributed by atoms with Crippen LogP contribution in [0.3, 0.4) is 0 Å². The molecule has 2 saturated heterocycles. The van der Waals surface area contributed by atoms with Crippen LogP contribution in [0.5, 0.6) is 0 Å². The van der Waals surface area contributed by atoms with Gasteiger partial charge >= 0.3 is 0 Å². The lowest BCUT2D eigenvalue weighted by Crippen LogP contribution is -2.64. The summed E-state index contributed by atoms with van der Waals surface area (Å²) >= 11 is 0. The minimum absolute atomic E-state index is 0.0961. The van der Waals surface area contributed by atoms with E-state index in [2.05, 4.69) is 37.9 Å². The van der Waals surface area contributed by atoms with Gasteiger partial charge in [0.25, 0.3) is 0 Å². The van der Waals surface area contributed by atoms with Gasteiger partial charge in [-0.2, -0.15) is 0 Å². The maximum absolute atomic E-state index is 5.96. The van der Waals surface area contributed by atoms with E-state index < -0.39 is 0 Å². The van der Waals surface area contributed by atoms with Crippen LogP contribution in [-0.4, -0.2) is 48.3 Å². The Labute approximate surface area is 112 Å².